The number of unbranched alkanes of at least 4 members (excludes halogenated alkanes) is 8. The molecule has 114 valence electrons. The van der Waals surface area contributed by atoms with Crippen molar-refractivity contribution in [1.29, 1.82) is 0 Å². The third kappa shape index (κ3) is 15.4. The van der Waals surface area contributed by atoms with Crippen molar-refractivity contribution in [3.63, 3.8) is 0 Å². The van der Waals surface area contributed by atoms with Crippen molar-refractivity contribution in [3.8, 4) is 0 Å². The molecule has 0 saturated carbocycles. The topological polar surface area (TPSA) is 60.4 Å². The monoisotopic (exact) mass is 271 g/mol. The summed E-state index contributed by atoms with van der Waals surface area (Å²) in [5, 5.41) is 20.0. The Morgan fingerprint density at radius 1 is 0.895 bits per heavy atom. The molecule has 0 aliphatic rings. The maximum absolute atomic E-state index is 10.2. The van der Waals surface area contributed by atoms with Crippen molar-refractivity contribution in [3.05, 3.63) is 0 Å². The van der Waals surface area contributed by atoms with Crippen LogP contribution in [0.3, 0.4) is 0 Å². The Morgan fingerprint density at radius 2 is 1.37 bits per heavy atom. The van der Waals surface area contributed by atoms with E-state index in [2.05, 4.69) is 6.92 Å². The number of carboxylic acid groups (broad SMARTS) is 1. The minimum absolute atomic E-state index is 0.116. The zero-order valence-electron chi connectivity index (χ0n) is 12.5. The van der Waals surface area contributed by atoms with Crippen molar-refractivity contribution in [2.75, 3.05) is 0 Å². The first-order chi connectivity index (χ1) is 9.16. The minimum Gasteiger partial charge on any atom is -0.550 e. The lowest BCUT2D eigenvalue weighted by molar-refractivity contribution is -0.305. The van der Waals surface area contributed by atoms with E-state index in [0.717, 1.165) is 57.8 Å². The maximum atomic E-state index is 10.2. The second-order valence-corrected chi connectivity index (χ2v) is 5.54. The van der Waals surface area contributed by atoms with E-state index in [9.17, 15) is 15.0 Å². The highest BCUT2D eigenvalue weighted by Gasteiger charge is 2.03. The lowest BCUT2D eigenvalue weighted by Gasteiger charge is -2.10. The summed E-state index contributed by atoms with van der Waals surface area (Å²) in [7, 11) is 0. The molecule has 0 aromatic carbocycles. The van der Waals surface area contributed by atoms with Crippen LogP contribution in [0, 0.1) is 0 Å². The van der Waals surface area contributed by atoms with E-state index in [1.807, 2.05) is 0 Å². The van der Waals surface area contributed by atoms with Crippen LogP contribution in [0.25, 0.3) is 0 Å². The summed E-state index contributed by atoms with van der Waals surface area (Å²) in [6, 6.07) is 0. The van der Waals surface area contributed by atoms with Gasteiger partial charge < -0.3 is 15.0 Å². The van der Waals surface area contributed by atoms with Gasteiger partial charge in [-0.1, -0.05) is 64.7 Å². The molecular formula is C16H31O3-. The number of aliphatic hydroxyl groups excluding tert-OH is 1. The van der Waals surface area contributed by atoms with Gasteiger partial charge in [0.1, 0.15) is 0 Å². The third-order valence-electron chi connectivity index (χ3n) is 3.56. The van der Waals surface area contributed by atoms with Crippen LogP contribution in [0.15, 0.2) is 0 Å². The van der Waals surface area contributed by atoms with Crippen LogP contribution in [0.2, 0.25) is 0 Å². The molecule has 0 aromatic heterocycles. The molecular weight excluding hydrogens is 240 g/mol. The Hall–Kier alpha value is -0.570. The molecule has 1 unspecified atom stereocenters. The molecule has 0 amide bonds. The number of carbonyl (C=O) groups excluding carboxylic acids is 1. The molecule has 1 atom stereocenters. The summed E-state index contributed by atoms with van der Waals surface area (Å²) in [4.78, 5) is 10.2. The molecule has 0 spiro atoms. The molecule has 0 bridgehead atoms. The largest absolute Gasteiger partial charge is 0.550 e. The van der Waals surface area contributed by atoms with Gasteiger partial charge in [0, 0.05) is 5.97 Å². The third-order valence-corrected chi connectivity index (χ3v) is 3.56. The zero-order valence-corrected chi connectivity index (χ0v) is 12.5. The van der Waals surface area contributed by atoms with Crippen molar-refractivity contribution >= 4 is 5.97 Å². The molecule has 0 heterocycles. The fourth-order valence-electron chi connectivity index (χ4n) is 2.31. The first-order valence-electron chi connectivity index (χ1n) is 8.04. The molecule has 0 fully saturated rings. The van der Waals surface area contributed by atoms with Crippen molar-refractivity contribution in [2.45, 2.75) is 96.5 Å². The maximum Gasteiger partial charge on any atom is 0.0540 e. The first-order valence-corrected chi connectivity index (χ1v) is 8.04. The van der Waals surface area contributed by atoms with Gasteiger partial charge in [0.2, 0.25) is 0 Å². The zero-order chi connectivity index (χ0) is 14.3. The molecule has 0 rings (SSSR count). The minimum atomic E-state index is -0.939. The van der Waals surface area contributed by atoms with Gasteiger partial charge in [-0.15, -0.1) is 0 Å². The lowest BCUT2D eigenvalue weighted by Crippen LogP contribution is -2.21. The van der Waals surface area contributed by atoms with Crippen molar-refractivity contribution < 1.29 is 15.0 Å². The normalized spacial score (nSPS) is 12.5. The Balaban J connectivity index is 3.14. The average Bonchev–Trinajstić information content (AvgIpc) is 2.37. The quantitative estimate of drug-likeness (QED) is 0.494. The van der Waals surface area contributed by atoms with Crippen LogP contribution >= 0.6 is 0 Å². The SMILES string of the molecule is CCCCCCC(O)CCCCCCCCC(=O)[O-]. The second-order valence-electron chi connectivity index (χ2n) is 5.54. The molecule has 19 heavy (non-hydrogen) atoms. The van der Waals surface area contributed by atoms with Crippen LogP contribution in [0.1, 0.15) is 90.4 Å². The summed E-state index contributed by atoms with van der Waals surface area (Å²) >= 11 is 0. The van der Waals surface area contributed by atoms with Crippen molar-refractivity contribution in [2.24, 2.45) is 0 Å². The number of hydrogen-bond donors (Lipinski definition) is 1. The van der Waals surface area contributed by atoms with Crippen LogP contribution in [0.4, 0.5) is 0 Å². The van der Waals surface area contributed by atoms with Gasteiger partial charge >= 0.3 is 0 Å². The van der Waals surface area contributed by atoms with E-state index in [0.29, 0.717) is 0 Å². The van der Waals surface area contributed by atoms with E-state index in [1.165, 1.54) is 19.3 Å². The smallest absolute Gasteiger partial charge is 0.0540 e. The Kier molecular flexibility index (Phi) is 13.4. The molecule has 0 radical (unpaired) electrons. The summed E-state index contributed by atoms with van der Waals surface area (Å²) in [6.07, 6.45) is 13.1. The molecule has 0 aliphatic carbocycles. The molecule has 0 saturated heterocycles. The number of rotatable bonds is 14. The van der Waals surface area contributed by atoms with Crippen LogP contribution in [-0.2, 0) is 4.79 Å². The Labute approximate surface area is 118 Å². The summed E-state index contributed by atoms with van der Waals surface area (Å²) in [5.41, 5.74) is 0. The van der Waals surface area contributed by atoms with E-state index in [4.69, 9.17) is 0 Å². The highest BCUT2D eigenvalue weighted by atomic mass is 16.4. The number of aliphatic hydroxyl groups is 1. The van der Waals surface area contributed by atoms with E-state index >= 15 is 0 Å². The summed E-state index contributed by atoms with van der Waals surface area (Å²) in [5.74, 6) is -0.939. The summed E-state index contributed by atoms with van der Waals surface area (Å²) in [6.45, 7) is 2.20. The van der Waals surface area contributed by atoms with Crippen LogP contribution < -0.4 is 5.11 Å². The fraction of sp³-hybridized carbons (Fsp3) is 0.938. The van der Waals surface area contributed by atoms with E-state index in [-0.39, 0.29) is 12.5 Å². The average molecular weight is 271 g/mol. The number of carboxylic acids is 1. The van der Waals surface area contributed by atoms with Gasteiger partial charge in [0.25, 0.3) is 0 Å². The van der Waals surface area contributed by atoms with Gasteiger partial charge in [0.05, 0.1) is 6.10 Å². The molecule has 3 heteroatoms. The number of hydrogen-bond acceptors (Lipinski definition) is 3. The van der Waals surface area contributed by atoms with E-state index in [1.54, 1.807) is 0 Å². The summed E-state index contributed by atoms with van der Waals surface area (Å²) < 4.78 is 0. The molecule has 0 aromatic rings. The Bertz CT molecular complexity index is 204. The molecule has 0 aliphatic heterocycles. The fourth-order valence-corrected chi connectivity index (χ4v) is 2.31. The predicted molar refractivity (Wildman–Crippen MR) is 76.7 cm³/mol. The van der Waals surface area contributed by atoms with E-state index < -0.39 is 5.97 Å². The van der Waals surface area contributed by atoms with Gasteiger partial charge in [-0.25, -0.2) is 0 Å². The number of aliphatic carboxylic acids is 1. The first kappa shape index (κ1) is 18.4. The highest BCUT2D eigenvalue weighted by molar-refractivity contribution is 5.63. The molecule has 3 nitrogen and oxygen atoms in total. The number of carbonyl (C=O) groups is 1. The Morgan fingerprint density at radius 3 is 1.89 bits per heavy atom. The van der Waals surface area contributed by atoms with Gasteiger partial charge in [0.15, 0.2) is 0 Å². The predicted octanol–water partition coefficient (Wildman–Crippen LogP) is 3.19. The second kappa shape index (κ2) is 13.9. The van der Waals surface area contributed by atoms with Crippen LogP contribution in [-0.4, -0.2) is 17.2 Å². The standard InChI is InChI=1S/C16H32O3/c1-2-3-4-9-12-15(17)13-10-7-5-6-8-11-14-16(18)19/h15,17H,2-14H2,1H3,(H,18,19)/p-1. The van der Waals surface area contributed by atoms with Gasteiger partial charge in [-0.2, -0.15) is 0 Å². The van der Waals surface area contributed by atoms with Crippen LogP contribution in [0.5, 0.6) is 0 Å². The highest BCUT2D eigenvalue weighted by Crippen LogP contribution is 2.13. The van der Waals surface area contributed by atoms with Gasteiger partial charge in [-0.3, -0.25) is 0 Å². The lowest BCUT2D eigenvalue weighted by atomic mass is 10.0. The van der Waals surface area contributed by atoms with Gasteiger partial charge in [-0.05, 0) is 25.7 Å². The molecule has 1 N–H and O–H groups in total. The van der Waals surface area contributed by atoms with Crippen molar-refractivity contribution in [1.82, 2.24) is 0 Å².